The molecule has 3 aromatic rings. The van der Waals surface area contributed by atoms with E-state index >= 15 is 0 Å². The van der Waals surface area contributed by atoms with E-state index in [9.17, 15) is 14.4 Å². The fourth-order valence-corrected chi connectivity index (χ4v) is 3.23. The highest BCUT2D eigenvalue weighted by molar-refractivity contribution is 6.04. The Hall–Kier alpha value is -4.13. The van der Waals surface area contributed by atoms with E-state index in [1.807, 2.05) is 60.7 Å². The molecule has 0 bridgehead atoms. The number of para-hydroxylation sites is 1. The molecule has 182 valence electrons. The van der Waals surface area contributed by atoms with Crippen molar-refractivity contribution in [2.24, 2.45) is 0 Å². The van der Waals surface area contributed by atoms with Crippen LogP contribution in [-0.2, 0) is 22.5 Å². The minimum atomic E-state index is -0.776. The van der Waals surface area contributed by atoms with Crippen molar-refractivity contribution in [3.05, 3.63) is 102 Å². The molecule has 0 unspecified atom stereocenters. The van der Waals surface area contributed by atoms with Crippen LogP contribution < -0.4 is 5.32 Å². The first-order chi connectivity index (χ1) is 16.7. The van der Waals surface area contributed by atoms with Gasteiger partial charge in [0.15, 0.2) is 0 Å². The molecule has 0 aromatic heterocycles. The third-order valence-corrected chi connectivity index (χ3v) is 4.93. The lowest BCUT2D eigenvalue weighted by Crippen LogP contribution is -2.44. The van der Waals surface area contributed by atoms with E-state index in [-0.39, 0.29) is 24.4 Å². The number of ether oxygens (including phenoxy) is 2. The van der Waals surface area contributed by atoms with E-state index in [4.69, 9.17) is 9.47 Å². The molecule has 3 amide bonds. The summed E-state index contributed by atoms with van der Waals surface area (Å²) >= 11 is 0. The molecule has 35 heavy (non-hydrogen) atoms. The fraction of sp³-hybridized carbons (Fsp3) is 0.250. The maximum Gasteiger partial charge on any atom is 0.418 e. The molecule has 0 radical (unpaired) electrons. The van der Waals surface area contributed by atoms with Gasteiger partial charge in [-0.25, -0.2) is 19.3 Å². The number of nitrogens with one attached hydrogen (secondary N) is 1. The molecule has 0 heterocycles. The molecule has 0 aliphatic carbocycles. The van der Waals surface area contributed by atoms with Gasteiger partial charge in [-0.15, -0.1) is 0 Å². The Balaban J connectivity index is 1.74. The second kappa shape index (κ2) is 11.8. The van der Waals surface area contributed by atoms with Crippen LogP contribution in [0.4, 0.5) is 15.3 Å². The maximum absolute atomic E-state index is 13.2. The van der Waals surface area contributed by atoms with Gasteiger partial charge >= 0.3 is 18.1 Å². The minimum absolute atomic E-state index is 0.100. The van der Waals surface area contributed by atoms with E-state index < -0.39 is 23.7 Å². The SMILES string of the molecule is CC(C)(C)OC(=O)N(CCc1ccccc1)C(=O)Nc1ccccc1C(=O)OCc1ccccc1. The highest BCUT2D eigenvalue weighted by Gasteiger charge is 2.28. The monoisotopic (exact) mass is 474 g/mol. The molecule has 7 heteroatoms. The first-order valence-corrected chi connectivity index (χ1v) is 11.4. The smallest absolute Gasteiger partial charge is 0.418 e. The lowest BCUT2D eigenvalue weighted by atomic mass is 10.1. The van der Waals surface area contributed by atoms with E-state index in [0.717, 1.165) is 16.0 Å². The van der Waals surface area contributed by atoms with Crippen molar-refractivity contribution >= 4 is 23.8 Å². The largest absolute Gasteiger partial charge is 0.457 e. The minimum Gasteiger partial charge on any atom is -0.457 e. The Morgan fingerprint density at radius 2 is 1.37 bits per heavy atom. The first kappa shape index (κ1) is 25.5. The van der Waals surface area contributed by atoms with Gasteiger partial charge < -0.3 is 14.8 Å². The van der Waals surface area contributed by atoms with Gasteiger partial charge in [0.2, 0.25) is 0 Å². The number of nitrogens with zero attached hydrogens (tertiary/aromatic N) is 1. The molecular formula is C28H30N2O5. The fourth-order valence-electron chi connectivity index (χ4n) is 3.23. The number of amides is 3. The summed E-state index contributed by atoms with van der Waals surface area (Å²) in [5.41, 5.74) is 1.47. The zero-order valence-electron chi connectivity index (χ0n) is 20.2. The molecule has 0 spiro atoms. The molecular weight excluding hydrogens is 444 g/mol. The van der Waals surface area contributed by atoms with Gasteiger partial charge in [0.25, 0.3) is 0 Å². The molecule has 0 fully saturated rings. The van der Waals surface area contributed by atoms with Gasteiger partial charge in [-0.3, -0.25) is 0 Å². The topological polar surface area (TPSA) is 84.9 Å². The number of benzene rings is 3. The van der Waals surface area contributed by atoms with Crippen molar-refractivity contribution in [1.82, 2.24) is 4.90 Å². The average molecular weight is 475 g/mol. The van der Waals surface area contributed by atoms with Crippen molar-refractivity contribution in [3.8, 4) is 0 Å². The van der Waals surface area contributed by atoms with E-state index in [1.165, 1.54) is 0 Å². The van der Waals surface area contributed by atoms with Crippen LogP contribution in [0.2, 0.25) is 0 Å². The number of anilines is 1. The van der Waals surface area contributed by atoms with E-state index in [0.29, 0.717) is 6.42 Å². The molecule has 0 atom stereocenters. The quantitative estimate of drug-likeness (QED) is 0.421. The predicted molar refractivity (Wildman–Crippen MR) is 134 cm³/mol. The number of carbonyl (C=O) groups is 3. The summed E-state index contributed by atoms with van der Waals surface area (Å²) in [4.78, 5) is 39.8. The van der Waals surface area contributed by atoms with Crippen LogP contribution >= 0.6 is 0 Å². The number of rotatable bonds is 7. The highest BCUT2D eigenvalue weighted by atomic mass is 16.6. The third-order valence-electron chi connectivity index (χ3n) is 4.93. The van der Waals surface area contributed by atoms with Crippen molar-refractivity contribution in [2.45, 2.75) is 39.4 Å². The standard InChI is InChI=1S/C28H30N2O5/c1-28(2,3)35-27(33)30(19-18-21-12-6-4-7-13-21)26(32)29-24-17-11-10-16-23(24)25(31)34-20-22-14-8-5-9-15-22/h4-17H,18-20H2,1-3H3,(H,29,32). The number of hydrogen-bond acceptors (Lipinski definition) is 5. The lowest BCUT2D eigenvalue weighted by Gasteiger charge is -2.26. The molecule has 0 aliphatic heterocycles. The van der Waals surface area contributed by atoms with Crippen LogP contribution in [0.3, 0.4) is 0 Å². The zero-order valence-corrected chi connectivity index (χ0v) is 20.2. The molecule has 0 aliphatic rings. The van der Waals surface area contributed by atoms with E-state index in [2.05, 4.69) is 5.32 Å². The van der Waals surface area contributed by atoms with Crippen molar-refractivity contribution in [3.63, 3.8) is 0 Å². The molecule has 0 saturated carbocycles. The van der Waals surface area contributed by atoms with Gasteiger partial charge in [-0.2, -0.15) is 0 Å². The Morgan fingerprint density at radius 1 is 0.800 bits per heavy atom. The zero-order chi connectivity index (χ0) is 25.3. The van der Waals surface area contributed by atoms with Gasteiger partial charge in [-0.1, -0.05) is 72.8 Å². The van der Waals surface area contributed by atoms with Crippen molar-refractivity contribution in [1.29, 1.82) is 0 Å². The number of esters is 1. The Kier molecular flexibility index (Phi) is 8.62. The van der Waals surface area contributed by atoms with E-state index in [1.54, 1.807) is 45.0 Å². The summed E-state index contributed by atoms with van der Waals surface area (Å²) in [6, 6.07) is 24.6. The third kappa shape index (κ3) is 7.99. The first-order valence-electron chi connectivity index (χ1n) is 11.4. The van der Waals surface area contributed by atoms with Gasteiger partial charge in [0.1, 0.15) is 12.2 Å². The second-order valence-corrected chi connectivity index (χ2v) is 8.91. The Labute approximate surface area is 205 Å². The highest BCUT2D eigenvalue weighted by Crippen LogP contribution is 2.19. The lowest BCUT2D eigenvalue weighted by molar-refractivity contribution is 0.0334. The molecule has 3 rings (SSSR count). The number of urea groups is 1. The van der Waals surface area contributed by atoms with Crippen LogP contribution in [0.25, 0.3) is 0 Å². The molecule has 0 saturated heterocycles. The number of hydrogen-bond donors (Lipinski definition) is 1. The number of imide groups is 1. The van der Waals surface area contributed by atoms with Gasteiger partial charge in [0, 0.05) is 6.54 Å². The second-order valence-electron chi connectivity index (χ2n) is 8.91. The summed E-state index contributed by atoms with van der Waals surface area (Å²) in [5.74, 6) is -0.585. The summed E-state index contributed by atoms with van der Waals surface area (Å²) < 4.78 is 10.9. The maximum atomic E-state index is 13.2. The van der Waals surface area contributed by atoms with Gasteiger partial charge in [-0.05, 0) is 50.5 Å². The summed E-state index contributed by atoms with van der Waals surface area (Å²) in [5, 5.41) is 2.68. The summed E-state index contributed by atoms with van der Waals surface area (Å²) in [7, 11) is 0. The van der Waals surface area contributed by atoms with Crippen molar-refractivity contribution < 1.29 is 23.9 Å². The van der Waals surface area contributed by atoms with Crippen LogP contribution in [0, 0.1) is 0 Å². The Morgan fingerprint density at radius 3 is 2.00 bits per heavy atom. The van der Waals surface area contributed by atoms with Crippen LogP contribution in [0.5, 0.6) is 0 Å². The predicted octanol–water partition coefficient (Wildman–Crippen LogP) is 6.06. The van der Waals surface area contributed by atoms with Crippen LogP contribution in [-0.4, -0.2) is 35.1 Å². The van der Waals surface area contributed by atoms with Gasteiger partial charge in [0.05, 0.1) is 11.3 Å². The summed E-state index contributed by atoms with van der Waals surface area (Å²) in [6.07, 6.45) is -0.316. The van der Waals surface area contributed by atoms with Crippen LogP contribution in [0.1, 0.15) is 42.3 Å². The molecule has 7 nitrogen and oxygen atoms in total. The molecule has 1 N–H and O–H groups in total. The van der Waals surface area contributed by atoms with Crippen LogP contribution in [0.15, 0.2) is 84.9 Å². The average Bonchev–Trinajstić information content (AvgIpc) is 2.83. The van der Waals surface area contributed by atoms with Crippen molar-refractivity contribution in [2.75, 3.05) is 11.9 Å². The summed E-state index contributed by atoms with van der Waals surface area (Å²) in [6.45, 7) is 5.40. The molecule has 3 aromatic carbocycles. The normalized spacial score (nSPS) is 10.8. The number of carbonyl (C=O) groups excluding carboxylic acids is 3. The Bertz CT molecular complexity index is 1140.